The van der Waals surface area contributed by atoms with Gasteiger partial charge in [-0.2, -0.15) is 11.8 Å². The summed E-state index contributed by atoms with van der Waals surface area (Å²) in [5.41, 5.74) is 8.11. The maximum Gasteiger partial charge on any atom is 0.0642 e. The molecule has 1 saturated heterocycles. The number of rotatable bonds is 2. The topological polar surface area (TPSA) is 29.3 Å². The number of thioether (sulfide) groups is 1. The molecule has 1 aromatic carbocycles. The van der Waals surface area contributed by atoms with E-state index in [4.69, 9.17) is 17.3 Å². The zero-order valence-corrected chi connectivity index (χ0v) is 12.8. The lowest BCUT2D eigenvalue weighted by Gasteiger charge is -2.36. The zero-order chi connectivity index (χ0) is 13.3. The van der Waals surface area contributed by atoms with Gasteiger partial charge < -0.3 is 10.6 Å². The van der Waals surface area contributed by atoms with E-state index in [9.17, 15) is 0 Å². The average molecular weight is 285 g/mol. The van der Waals surface area contributed by atoms with Crippen molar-refractivity contribution in [3.8, 4) is 0 Å². The van der Waals surface area contributed by atoms with Crippen molar-refractivity contribution in [3.05, 3.63) is 28.8 Å². The lowest BCUT2D eigenvalue weighted by Crippen LogP contribution is -2.40. The Morgan fingerprint density at radius 2 is 1.94 bits per heavy atom. The zero-order valence-electron chi connectivity index (χ0n) is 11.2. The van der Waals surface area contributed by atoms with Crippen LogP contribution in [-0.2, 0) is 0 Å². The molecule has 1 aliphatic rings. The highest BCUT2D eigenvalue weighted by Gasteiger charge is 2.23. The monoisotopic (exact) mass is 284 g/mol. The van der Waals surface area contributed by atoms with Crippen molar-refractivity contribution in [2.24, 2.45) is 5.73 Å². The summed E-state index contributed by atoms with van der Waals surface area (Å²) in [7, 11) is 0. The van der Waals surface area contributed by atoms with Gasteiger partial charge in [0.25, 0.3) is 0 Å². The van der Waals surface area contributed by atoms with Crippen LogP contribution in [0.5, 0.6) is 0 Å². The fourth-order valence-electron chi connectivity index (χ4n) is 2.44. The highest BCUT2D eigenvalue weighted by Crippen LogP contribution is 2.33. The van der Waals surface area contributed by atoms with Crippen molar-refractivity contribution < 1.29 is 0 Å². The Labute approximate surface area is 119 Å². The number of hydrogen-bond donors (Lipinski definition) is 1. The molecule has 100 valence electrons. The number of nitrogens with zero attached hydrogens (tertiary/aromatic N) is 1. The van der Waals surface area contributed by atoms with E-state index >= 15 is 0 Å². The Hall–Kier alpha value is -0.380. The summed E-state index contributed by atoms with van der Waals surface area (Å²) < 4.78 is 0. The van der Waals surface area contributed by atoms with Gasteiger partial charge in [0.2, 0.25) is 0 Å². The summed E-state index contributed by atoms with van der Waals surface area (Å²) in [4.78, 5) is 2.39. The van der Waals surface area contributed by atoms with Crippen molar-refractivity contribution in [2.45, 2.75) is 37.3 Å². The van der Waals surface area contributed by atoms with Gasteiger partial charge in [0.1, 0.15) is 0 Å². The Bertz CT molecular complexity index is 412. The van der Waals surface area contributed by atoms with Crippen LogP contribution in [0.3, 0.4) is 0 Å². The standard InChI is InChI=1S/C14H21ClN2S/c1-9-7-17(8-10(2)18-9)14-5-4-12(11(3)16)6-13(14)15/h4-6,9-11H,7-8,16H2,1-3H3/t9?,10?,11-/m1/s1. The summed E-state index contributed by atoms with van der Waals surface area (Å²) in [6, 6.07) is 6.23. The predicted octanol–water partition coefficient (Wildman–Crippen LogP) is 3.69. The van der Waals surface area contributed by atoms with E-state index in [1.54, 1.807) is 0 Å². The lowest BCUT2D eigenvalue weighted by molar-refractivity contribution is 0.727. The van der Waals surface area contributed by atoms with Gasteiger partial charge in [0, 0.05) is 29.6 Å². The summed E-state index contributed by atoms with van der Waals surface area (Å²) >= 11 is 8.45. The molecule has 0 amide bonds. The average Bonchev–Trinajstić information content (AvgIpc) is 2.27. The number of anilines is 1. The first-order valence-electron chi connectivity index (χ1n) is 6.43. The minimum absolute atomic E-state index is 0.0336. The van der Waals surface area contributed by atoms with Crippen molar-refractivity contribution in [2.75, 3.05) is 18.0 Å². The van der Waals surface area contributed by atoms with Crippen LogP contribution < -0.4 is 10.6 Å². The molecule has 0 aliphatic carbocycles. The molecule has 0 aromatic heterocycles. The second-order valence-electron chi connectivity index (χ2n) is 5.16. The van der Waals surface area contributed by atoms with Gasteiger partial charge >= 0.3 is 0 Å². The molecule has 0 radical (unpaired) electrons. The first kappa shape index (κ1) is 14.0. The quantitative estimate of drug-likeness (QED) is 0.898. The second kappa shape index (κ2) is 5.72. The van der Waals surface area contributed by atoms with Gasteiger partial charge in [0.05, 0.1) is 10.7 Å². The van der Waals surface area contributed by atoms with Crippen molar-refractivity contribution in [3.63, 3.8) is 0 Å². The Morgan fingerprint density at radius 3 is 2.44 bits per heavy atom. The SMILES string of the molecule is CC1CN(c2ccc([C@@H](C)N)cc2Cl)CC(C)S1. The molecule has 2 rings (SSSR count). The third kappa shape index (κ3) is 3.14. The van der Waals surface area contributed by atoms with Gasteiger partial charge in [-0.3, -0.25) is 0 Å². The molecule has 0 bridgehead atoms. The Kier molecular flexibility index (Phi) is 4.46. The number of benzene rings is 1. The van der Waals surface area contributed by atoms with E-state index in [1.165, 1.54) is 0 Å². The van der Waals surface area contributed by atoms with Crippen LogP contribution in [0, 0.1) is 0 Å². The van der Waals surface area contributed by atoms with Crippen LogP contribution in [0.25, 0.3) is 0 Å². The molecule has 1 aromatic rings. The van der Waals surface area contributed by atoms with Crippen molar-refractivity contribution in [1.29, 1.82) is 0 Å². The van der Waals surface area contributed by atoms with Crippen LogP contribution in [0.2, 0.25) is 5.02 Å². The van der Waals surface area contributed by atoms with E-state index in [-0.39, 0.29) is 6.04 Å². The van der Waals surface area contributed by atoms with Gasteiger partial charge in [-0.1, -0.05) is 31.5 Å². The molecular formula is C14H21ClN2S. The first-order chi connectivity index (χ1) is 8.47. The van der Waals surface area contributed by atoms with Gasteiger partial charge in [-0.15, -0.1) is 0 Å². The van der Waals surface area contributed by atoms with Gasteiger partial charge in [-0.25, -0.2) is 0 Å². The Balaban J connectivity index is 2.22. The molecule has 2 unspecified atom stereocenters. The van der Waals surface area contributed by atoms with E-state index in [1.807, 2.05) is 24.8 Å². The molecule has 1 fully saturated rings. The maximum atomic E-state index is 6.40. The molecule has 1 aliphatic heterocycles. The molecule has 2 nitrogen and oxygen atoms in total. The van der Waals surface area contributed by atoms with Crippen LogP contribution in [0.1, 0.15) is 32.4 Å². The molecule has 2 N–H and O–H groups in total. The summed E-state index contributed by atoms with van der Waals surface area (Å²) in [5.74, 6) is 0. The second-order valence-corrected chi connectivity index (χ2v) is 7.45. The third-order valence-corrected chi connectivity index (χ3v) is 4.79. The summed E-state index contributed by atoms with van der Waals surface area (Å²) in [5, 5.41) is 2.12. The first-order valence-corrected chi connectivity index (χ1v) is 7.75. The highest BCUT2D eigenvalue weighted by atomic mass is 35.5. The smallest absolute Gasteiger partial charge is 0.0642 e. The number of hydrogen-bond acceptors (Lipinski definition) is 3. The molecule has 0 spiro atoms. The molecule has 0 saturated carbocycles. The predicted molar refractivity (Wildman–Crippen MR) is 82.8 cm³/mol. The molecular weight excluding hydrogens is 264 g/mol. The third-order valence-electron chi connectivity index (χ3n) is 3.26. The Morgan fingerprint density at radius 1 is 1.33 bits per heavy atom. The van der Waals surface area contributed by atoms with Crippen LogP contribution in [-0.4, -0.2) is 23.6 Å². The van der Waals surface area contributed by atoms with Crippen molar-refractivity contribution >= 4 is 29.1 Å². The number of nitrogens with two attached hydrogens (primary N) is 1. The van der Waals surface area contributed by atoms with Crippen LogP contribution in [0.4, 0.5) is 5.69 Å². The molecule has 3 atom stereocenters. The fourth-order valence-corrected chi connectivity index (χ4v) is 4.07. The summed E-state index contributed by atoms with van der Waals surface area (Å²) in [6.07, 6.45) is 0. The van der Waals surface area contributed by atoms with E-state index in [0.717, 1.165) is 29.4 Å². The molecule has 18 heavy (non-hydrogen) atoms. The summed E-state index contributed by atoms with van der Waals surface area (Å²) in [6.45, 7) is 8.65. The number of halogens is 1. The van der Waals surface area contributed by atoms with Crippen molar-refractivity contribution in [1.82, 2.24) is 0 Å². The van der Waals surface area contributed by atoms with Crippen LogP contribution in [0.15, 0.2) is 18.2 Å². The van der Waals surface area contributed by atoms with E-state index < -0.39 is 0 Å². The minimum Gasteiger partial charge on any atom is -0.368 e. The molecule has 1 heterocycles. The lowest BCUT2D eigenvalue weighted by atomic mass is 10.1. The minimum atomic E-state index is 0.0336. The highest BCUT2D eigenvalue weighted by molar-refractivity contribution is 8.00. The van der Waals surface area contributed by atoms with E-state index in [2.05, 4.69) is 30.9 Å². The van der Waals surface area contributed by atoms with Gasteiger partial charge in [0.15, 0.2) is 0 Å². The van der Waals surface area contributed by atoms with Crippen LogP contribution >= 0.6 is 23.4 Å². The van der Waals surface area contributed by atoms with E-state index in [0.29, 0.717) is 10.5 Å². The fraction of sp³-hybridized carbons (Fsp3) is 0.571. The van der Waals surface area contributed by atoms with Gasteiger partial charge in [-0.05, 0) is 24.6 Å². The normalized spacial score (nSPS) is 26.2. The molecule has 4 heteroatoms. The largest absolute Gasteiger partial charge is 0.368 e. The maximum absolute atomic E-state index is 6.40.